The van der Waals surface area contributed by atoms with E-state index in [0.29, 0.717) is 0 Å². The Morgan fingerprint density at radius 2 is 1.91 bits per heavy atom. The number of nitrogens with zero attached hydrogens (tertiary/aromatic N) is 1. The van der Waals surface area contributed by atoms with Crippen molar-refractivity contribution >= 4 is 11.3 Å². The van der Waals surface area contributed by atoms with Crippen LogP contribution in [-0.4, -0.2) is 45.3 Å². The molecule has 1 atom stereocenters. The zero-order chi connectivity index (χ0) is 16.2. The van der Waals surface area contributed by atoms with Gasteiger partial charge in [-0.15, -0.1) is 11.3 Å². The third kappa shape index (κ3) is 3.52. The summed E-state index contributed by atoms with van der Waals surface area (Å²) in [6.07, 6.45) is 0. The summed E-state index contributed by atoms with van der Waals surface area (Å²) in [5.41, 5.74) is 2.49. The molecule has 1 aromatic heterocycles. The van der Waals surface area contributed by atoms with Crippen LogP contribution in [0.1, 0.15) is 22.0 Å². The highest BCUT2D eigenvalue weighted by atomic mass is 32.1. The Bertz CT molecular complexity index is 650. The molecule has 0 amide bonds. The third-order valence-corrected chi connectivity index (χ3v) is 5.37. The van der Waals surface area contributed by atoms with Crippen LogP contribution in [0.15, 0.2) is 29.6 Å². The van der Waals surface area contributed by atoms with Crippen LogP contribution in [0.3, 0.4) is 0 Å². The van der Waals surface area contributed by atoms with E-state index in [1.807, 2.05) is 23.5 Å². The van der Waals surface area contributed by atoms with Crippen LogP contribution in [-0.2, 0) is 0 Å². The maximum Gasteiger partial charge on any atom is 0.124 e. The van der Waals surface area contributed by atoms with Gasteiger partial charge in [-0.25, -0.2) is 0 Å². The van der Waals surface area contributed by atoms with Crippen LogP contribution < -0.4 is 14.8 Å². The molecule has 0 aliphatic carbocycles. The van der Waals surface area contributed by atoms with E-state index in [4.69, 9.17) is 9.47 Å². The molecule has 124 valence electrons. The van der Waals surface area contributed by atoms with Gasteiger partial charge in [0.1, 0.15) is 11.5 Å². The predicted octanol–water partition coefficient (Wildman–Crippen LogP) is 3.07. The summed E-state index contributed by atoms with van der Waals surface area (Å²) in [5.74, 6) is 1.79. The van der Waals surface area contributed by atoms with Gasteiger partial charge in [0.15, 0.2) is 0 Å². The Hall–Kier alpha value is -1.56. The molecule has 4 nitrogen and oxygen atoms in total. The summed E-state index contributed by atoms with van der Waals surface area (Å²) in [6.45, 7) is 6.25. The van der Waals surface area contributed by atoms with Gasteiger partial charge in [0.2, 0.25) is 0 Å². The summed E-state index contributed by atoms with van der Waals surface area (Å²) in [4.78, 5) is 3.88. The van der Waals surface area contributed by atoms with Crippen molar-refractivity contribution in [3.63, 3.8) is 0 Å². The Balaban J connectivity index is 2.07. The summed E-state index contributed by atoms with van der Waals surface area (Å²) in [7, 11) is 3.44. The molecular weight excluding hydrogens is 308 g/mol. The highest BCUT2D eigenvalue weighted by molar-refractivity contribution is 7.10. The van der Waals surface area contributed by atoms with Crippen molar-refractivity contribution in [2.75, 3.05) is 40.4 Å². The lowest BCUT2D eigenvalue weighted by atomic mass is 10.0. The molecule has 1 saturated heterocycles. The minimum absolute atomic E-state index is 0.209. The molecule has 23 heavy (non-hydrogen) atoms. The van der Waals surface area contributed by atoms with Gasteiger partial charge in [-0.1, -0.05) is 0 Å². The summed E-state index contributed by atoms with van der Waals surface area (Å²) in [5, 5.41) is 5.65. The second-order valence-corrected chi connectivity index (χ2v) is 6.77. The fourth-order valence-corrected chi connectivity index (χ4v) is 4.17. The van der Waals surface area contributed by atoms with Crippen molar-refractivity contribution in [3.8, 4) is 11.5 Å². The van der Waals surface area contributed by atoms with Crippen molar-refractivity contribution in [1.82, 2.24) is 10.2 Å². The second kappa shape index (κ2) is 7.34. The van der Waals surface area contributed by atoms with Crippen molar-refractivity contribution < 1.29 is 9.47 Å². The van der Waals surface area contributed by atoms with Crippen LogP contribution in [0.4, 0.5) is 0 Å². The first-order chi connectivity index (χ1) is 11.2. The number of methoxy groups -OCH3 is 2. The van der Waals surface area contributed by atoms with E-state index in [0.717, 1.165) is 37.7 Å². The van der Waals surface area contributed by atoms with Gasteiger partial charge in [-0.05, 0) is 42.1 Å². The van der Waals surface area contributed by atoms with Gasteiger partial charge >= 0.3 is 0 Å². The zero-order valence-corrected chi connectivity index (χ0v) is 14.8. The smallest absolute Gasteiger partial charge is 0.124 e. The number of rotatable bonds is 5. The summed E-state index contributed by atoms with van der Waals surface area (Å²) in [6, 6.07) is 8.57. The molecule has 5 heteroatoms. The molecule has 2 heterocycles. The SMILES string of the molecule is COc1ccc(OC)c(C(c2cc(C)cs2)N2CCNCC2)c1. The third-order valence-electron chi connectivity index (χ3n) is 4.27. The fourth-order valence-electron chi connectivity index (χ4n) is 3.12. The number of piperazine rings is 1. The van der Waals surface area contributed by atoms with Gasteiger partial charge in [0.05, 0.1) is 20.3 Å². The Labute approximate surface area is 142 Å². The highest BCUT2D eigenvalue weighted by Gasteiger charge is 2.28. The number of nitrogens with one attached hydrogen (secondary N) is 1. The van der Waals surface area contributed by atoms with E-state index in [1.54, 1.807) is 14.2 Å². The van der Waals surface area contributed by atoms with E-state index in [-0.39, 0.29) is 6.04 Å². The van der Waals surface area contributed by atoms with Crippen LogP contribution in [0.25, 0.3) is 0 Å². The maximum absolute atomic E-state index is 5.65. The molecule has 3 rings (SSSR count). The lowest BCUT2D eigenvalue weighted by Gasteiger charge is -2.35. The topological polar surface area (TPSA) is 33.7 Å². The monoisotopic (exact) mass is 332 g/mol. The van der Waals surface area contributed by atoms with Crippen molar-refractivity contribution in [3.05, 3.63) is 45.6 Å². The minimum atomic E-state index is 0.209. The van der Waals surface area contributed by atoms with E-state index in [9.17, 15) is 0 Å². The quantitative estimate of drug-likeness (QED) is 0.912. The van der Waals surface area contributed by atoms with Gasteiger partial charge in [-0.3, -0.25) is 4.90 Å². The lowest BCUT2D eigenvalue weighted by Crippen LogP contribution is -2.45. The Morgan fingerprint density at radius 3 is 2.52 bits per heavy atom. The van der Waals surface area contributed by atoms with Crippen molar-refractivity contribution in [2.24, 2.45) is 0 Å². The van der Waals surface area contributed by atoms with Gasteiger partial charge < -0.3 is 14.8 Å². The van der Waals surface area contributed by atoms with Gasteiger partial charge in [-0.2, -0.15) is 0 Å². The molecule has 1 fully saturated rings. The van der Waals surface area contributed by atoms with Crippen molar-refractivity contribution in [2.45, 2.75) is 13.0 Å². The molecule has 0 radical (unpaired) electrons. The minimum Gasteiger partial charge on any atom is -0.497 e. The van der Waals surface area contributed by atoms with Gasteiger partial charge in [0, 0.05) is 36.6 Å². The summed E-state index contributed by atoms with van der Waals surface area (Å²) >= 11 is 1.82. The average Bonchev–Trinajstić information content (AvgIpc) is 3.02. The highest BCUT2D eigenvalue weighted by Crippen LogP contribution is 2.39. The number of hydrogen-bond acceptors (Lipinski definition) is 5. The molecule has 0 saturated carbocycles. The number of hydrogen-bond donors (Lipinski definition) is 1. The maximum atomic E-state index is 5.65. The predicted molar refractivity (Wildman–Crippen MR) is 94.9 cm³/mol. The number of thiophene rings is 1. The summed E-state index contributed by atoms with van der Waals surface area (Å²) < 4.78 is 11.1. The average molecular weight is 332 g/mol. The first kappa shape index (κ1) is 16.3. The molecule has 1 unspecified atom stereocenters. The Morgan fingerprint density at radius 1 is 1.13 bits per heavy atom. The molecule has 2 aromatic rings. The zero-order valence-electron chi connectivity index (χ0n) is 14.0. The van der Waals surface area contributed by atoms with Crippen LogP contribution in [0, 0.1) is 6.92 Å². The lowest BCUT2D eigenvalue weighted by molar-refractivity contribution is 0.197. The van der Waals surface area contributed by atoms with E-state index in [2.05, 4.69) is 34.7 Å². The molecule has 1 aliphatic rings. The molecular formula is C18H24N2O2S. The van der Waals surface area contributed by atoms with Gasteiger partial charge in [0.25, 0.3) is 0 Å². The normalized spacial score (nSPS) is 17.0. The number of aryl methyl sites for hydroxylation is 1. The number of benzene rings is 1. The number of ether oxygens (including phenoxy) is 2. The molecule has 1 aromatic carbocycles. The first-order valence-corrected chi connectivity index (χ1v) is 8.82. The first-order valence-electron chi connectivity index (χ1n) is 7.94. The Kier molecular flexibility index (Phi) is 5.20. The van der Waals surface area contributed by atoms with Crippen LogP contribution in [0.5, 0.6) is 11.5 Å². The molecule has 1 aliphatic heterocycles. The van der Waals surface area contributed by atoms with E-state index in [1.165, 1.54) is 16.0 Å². The second-order valence-electron chi connectivity index (χ2n) is 5.82. The fraction of sp³-hybridized carbons (Fsp3) is 0.444. The van der Waals surface area contributed by atoms with E-state index < -0.39 is 0 Å². The molecule has 0 bridgehead atoms. The van der Waals surface area contributed by atoms with Crippen LogP contribution >= 0.6 is 11.3 Å². The largest absolute Gasteiger partial charge is 0.497 e. The molecule has 0 spiro atoms. The molecule has 1 N–H and O–H groups in total. The van der Waals surface area contributed by atoms with E-state index >= 15 is 0 Å². The van der Waals surface area contributed by atoms with Crippen LogP contribution in [0.2, 0.25) is 0 Å². The van der Waals surface area contributed by atoms with Crippen molar-refractivity contribution in [1.29, 1.82) is 0 Å². The standard InChI is InChI=1S/C18H24N2O2S/c1-13-10-17(23-12-13)18(20-8-6-19-7-9-20)15-11-14(21-2)4-5-16(15)22-3/h4-5,10-12,18-19H,6-9H2,1-3H3.